The van der Waals surface area contributed by atoms with Crippen molar-refractivity contribution in [3.05, 3.63) is 57.7 Å². The van der Waals surface area contributed by atoms with Crippen molar-refractivity contribution in [2.75, 3.05) is 25.6 Å². The quantitative estimate of drug-likeness (QED) is 0.599. The normalized spacial score (nSPS) is 10.2. The highest BCUT2D eigenvalue weighted by molar-refractivity contribution is 14.1. The molecule has 2 aromatic carbocycles. The third-order valence-electron chi connectivity index (χ3n) is 2.73. The van der Waals surface area contributed by atoms with Gasteiger partial charge in [-0.2, -0.15) is 0 Å². The molecule has 0 bridgehead atoms. The zero-order chi connectivity index (χ0) is 15.1. The van der Waals surface area contributed by atoms with Crippen LogP contribution in [0, 0.1) is 3.57 Å². The fraction of sp³-hybridized carbons (Fsp3) is 0.188. The Morgan fingerprint density at radius 3 is 2.71 bits per heavy atom. The minimum absolute atomic E-state index is 0.137. The van der Waals surface area contributed by atoms with Gasteiger partial charge in [-0.25, -0.2) is 0 Å². The summed E-state index contributed by atoms with van der Waals surface area (Å²) >= 11 is 2.18. The first-order valence-corrected chi connectivity index (χ1v) is 7.55. The summed E-state index contributed by atoms with van der Waals surface area (Å²) in [6.45, 7) is 1.00. The van der Waals surface area contributed by atoms with Gasteiger partial charge in [0.25, 0.3) is 5.91 Å². The van der Waals surface area contributed by atoms with Crippen molar-refractivity contribution in [2.45, 2.75) is 0 Å². The highest BCUT2D eigenvalue weighted by atomic mass is 127. The van der Waals surface area contributed by atoms with E-state index in [9.17, 15) is 4.79 Å². The van der Waals surface area contributed by atoms with E-state index in [4.69, 9.17) is 9.47 Å². The van der Waals surface area contributed by atoms with Gasteiger partial charge in [0.1, 0.15) is 12.4 Å². The Hall–Kier alpha value is -1.60. The summed E-state index contributed by atoms with van der Waals surface area (Å²) in [6, 6.07) is 14.7. The van der Waals surface area contributed by atoms with Crippen molar-refractivity contribution in [3.63, 3.8) is 0 Å². The Labute approximate surface area is 137 Å². The van der Waals surface area contributed by atoms with Crippen LogP contribution in [0.2, 0.25) is 0 Å². The number of carbonyl (C=O) groups is 1. The average molecular weight is 397 g/mol. The molecule has 0 aliphatic rings. The molecule has 0 saturated heterocycles. The smallest absolute Gasteiger partial charge is 0.255 e. The number of amides is 1. The first-order chi connectivity index (χ1) is 10.2. The lowest BCUT2D eigenvalue weighted by molar-refractivity contribution is 0.102. The van der Waals surface area contributed by atoms with Gasteiger partial charge in [0.15, 0.2) is 0 Å². The third kappa shape index (κ3) is 5.02. The molecule has 0 aromatic heterocycles. The molecular weight excluding hydrogens is 381 g/mol. The lowest BCUT2D eigenvalue weighted by Gasteiger charge is -2.09. The minimum atomic E-state index is -0.137. The van der Waals surface area contributed by atoms with Crippen LogP contribution in [0.4, 0.5) is 5.69 Å². The average Bonchev–Trinajstić information content (AvgIpc) is 2.48. The summed E-state index contributed by atoms with van der Waals surface area (Å²) < 4.78 is 11.5. The lowest BCUT2D eigenvalue weighted by Crippen LogP contribution is -2.12. The molecule has 2 aromatic rings. The van der Waals surface area contributed by atoms with Crippen molar-refractivity contribution >= 4 is 34.2 Å². The van der Waals surface area contributed by atoms with Crippen molar-refractivity contribution in [3.8, 4) is 5.75 Å². The standard InChI is InChI=1S/C16H16INO3/c1-20-8-9-21-15-7-3-6-14(11-15)18-16(19)12-4-2-5-13(17)10-12/h2-7,10-11H,8-9H2,1H3,(H,18,19). The number of anilines is 1. The molecule has 0 unspecified atom stereocenters. The van der Waals surface area contributed by atoms with Gasteiger partial charge in [-0.15, -0.1) is 0 Å². The van der Waals surface area contributed by atoms with Crippen molar-refractivity contribution in [1.29, 1.82) is 0 Å². The summed E-state index contributed by atoms with van der Waals surface area (Å²) in [5, 5.41) is 2.86. The molecule has 0 aliphatic heterocycles. The van der Waals surface area contributed by atoms with Crippen molar-refractivity contribution in [2.24, 2.45) is 0 Å². The van der Waals surface area contributed by atoms with E-state index < -0.39 is 0 Å². The van der Waals surface area contributed by atoms with E-state index in [2.05, 4.69) is 27.9 Å². The highest BCUT2D eigenvalue weighted by Crippen LogP contribution is 2.18. The van der Waals surface area contributed by atoms with E-state index in [0.29, 0.717) is 30.2 Å². The molecule has 1 N–H and O–H groups in total. The Bertz CT molecular complexity index is 616. The van der Waals surface area contributed by atoms with E-state index in [-0.39, 0.29) is 5.91 Å². The molecular formula is C16H16INO3. The number of carbonyl (C=O) groups excluding carboxylic acids is 1. The molecule has 4 nitrogen and oxygen atoms in total. The minimum Gasteiger partial charge on any atom is -0.491 e. The second kappa shape index (κ2) is 7.99. The molecule has 0 saturated carbocycles. The first-order valence-electron chi connectivity index (χ1n) is 6.48. The zero-order valence-electron chi connectivity index (χ0n) is 11.6. The Kier molecular flexibility index (Phi) is 6.01. The number of ether oxygens (including phenoxy) is 2. The van der Waals surface area contributed by atoms with E-state index in [1.807, 2.05) is 36.4 Å². The second-order valence-electron chi connectivity index (χ2n) is 4.33. The maximum atomic E-state index is 12.2. The van der Waals surface area contributed by atoms with E-state index in [1.54, 1.807) is 19.2 Å². The van der Waals surface area contributed by atoms with Crippen LogP contribution in [0.3, 0.4) is 0 Å². The second-order valence-corrected chi connectivity index (χ2v) is 5.58. The van der Waals surface area contributed by atoms with Crippen LogP contribution >= 0.6 is 22.6 Å². The van der Waals surface area contributed by atoms with Crippen LogP contribution in [0.1, 0.15) is 10.4 Å². The Morgan fingerprint density at radius 2 is 1.95 bits per heavy atom. The molecule has 2 rings (SSSR count). The van der Waals surface area contributed by atoms with Crippen LogP contribution in [-0.2, 0) is 4.74 Å². The van der Waals surface area contributed by atoms with Gasteiger partial charge in [-0.3, -0.25) is 4.79 Å². The molecule has 0 heterocycles. The zero-order valence-corrected chi connectivity index (χ0v) is 13.8. The molecule has 0 spiro atoms. The van der Waals surface area contributed by atoms with Gasteiger partial charge in [0.2, 0.25) is 0 Å². The number of methoxy groups -OCH3 is 1. The maximum absolute atomic E-state index is 12.2. The third-order valence-corrected chi connectivity index (χ3v) is 3.41. The number of hydrogen-bond acceptors (Lipinski definition) is 3. The van der Waals surface area contributed by atoms with Crippen LogP contribution in [-0.4, -0.2) is 26.2 Å². The number of rotatable bonds is 6. The van der Waals surface area contributed by atoms with Crippen molar-refractivity contribution < 1.29 is 14.3 Å². The summed E-state index contributed by atoms with van der Waals surface area (Å²) in [5.74, 6) is 0.565. The largest absolute Gasteiger partial charge is 0.491 e. The van der Waals surface area contributed by atoms with Gasteiger partial charge < -0.3 is 14.8 Å². The molecule has 0 radical (unpaired) electrons. The van der Waals surface area contributed by atoms with Gasteiger partial charge in [0.05, 0.1) is 6.61 Å². The van der Waals surface area contributed by atoms with Crippen LogP contribution < -0.4 is 10.1 Å². The fourth-order valence-electron chi connectivity index (χ4n) is 1.74. The molecule has 0 fully saturated rings. The fourth-order valence-corrected chi connectivity index (χ4v) is 2.28. The molecule has 5 heteroatoms. The van der Waals surface area contributed by atoms with Crippen LogP contribution in [0.25, 0.3) is 0 Å². The monoisotopic (exact) mass is 397 g/mol. The summed E-state index contributed by atoms with van der Waals surface area (Å²) in [6.07, 6.45) is 0. The lowest BCUT2D eigenvalue weighted by atomic mass is 10.2. The molecule has 21 heavy (non-hydrogen) atoms. The van der Waals surface area contributed by atoms with Crippen LogP contribution in [0.15, 0.2) is 48.5 Å². The number of benzene rings is 2. The van der Waals surface area contributed by atoms with Gasteiger partial charge in [0, 0.05) is 28.0 Å². The number of halogens is 1. The van der Waals surface area contributed by atoms with Gasteiger partial charge in [-0.05, 0) is 52.9 Å². The van der Waals surface area contributed by atoms with E-state index in [1.165, 1.54) is 0 Å². The van der Waals surface area contributed by atoms with E-state index >= 15 is 0 Å². The first kappa shape index (κ1) is 15.8. The van der Waals surface area contributed by atoms with Gasteiger partial charge in [-0.1, -0.05) is 12.1 Å². The molecule has 110 valence electrons. The topological polar surface area (TPSA) is 47.6 Å². The summed E-state index contributed by atoms with van der Waals surface area (Å²) in [5.41, 5.74) is 1.33. The Balaban J connectivity index is 2.02. The Morgan fingerprint density at radius 1 is 1.14 bits per heavy atom. The predicted octanol–water partition coefficient (Wildman–Crippen LogP) is 3.57. The number of nitrogens with one attached hydrogen (secondary N) is 1. The van der Waals surface area contributed by atoms with Crippen molar-refractivity contribution in [1.82, 2.24) is 0 Å². The van der Waals surface area contributed by atoms with E-state index in [0.717, 1.165) is 3.57 Å². The van der Waals surface area contributed by atoms with Gasteiger partial charge >= 0.3 is 0 Å². The molecule has 0 aliphatic carbocycles. The highest BCUT2D eigenvalue weighted by Gasteiger charge is 2.07. The SMILES string of the molecule is COCCOc1cccc(NC(=O)c2cccc(I)c2)c1. The predicted molar refractivity (Wildman–Crippen MR) is 90.9 cm³/mol. The molecule has 1 amide bonds. The number of hydrogen-bond donors (Lipinski definition) is 1. The maximum Gasteiger partial charge on any atom is 0.255 e. The molecule has 0 atom stereocenters. The summed E-state index contributed by atoms with van der Waals surface area (Å²) in [4.78, 5) is 12.2. The van der Waals surface area contributed by atoms with Crippen LogP contribution in [0.5, 0.6) is 5.75 Å². The summed E-state index contributed by atoms with van der Waals surface area (Å²) in [7, 11) is 1.63.